The van der Waals surface area contributed by atoms with Gasteiger partial charge in [0, 0.05) is 13.7 Å². The highest BCUT2D eigenvalue weighted by Crippen LogP contribution is 2.12. The molecule has 0 fully saturated rings. The SMILES string of the molecule is CCNCC(=Cc1cccc(COC)c1)CC. The molecule has 1 N–H and O–H groups in total. The molecule has 0 heterocycles. The second-order valence-electron chi connectivity index (χ2n) is 4.11. The Kier molecular flexibility index (Phi) is 6.60. The lowest BCUT2D eigenvalue weighted by atomic mass is 10.1. The van der Waals surface area contributed by atoms with Gasteiger partial charge in [0.25, 0.3) is 0 Å². The average Bonchev–Trinajstić information content (AvgIpc) is 2.35. The van der Waals surface area contributed by atoms with E-state index < -0.39 is 0 Å². The maximum atomic E-state index is 5.15. The second-order valence-corrected chi connectivity index (χ2v) is 4.11. The predicted octanol–water partition coefficient (Wildman–Crippen LogP) is 3.24. The van der Waals surface area contributed by atoms with Crippen LogP contribution in [0, 0.1) is 0 Å². The van der Waals surface area contributed by atoms with Crippen LogP contribution in [0.1, 0.15) is 31.4 Å². The molecule has 0 saturated carbocycles. The number of rotatable bonds is 7. The minimum Gasteiger partial charge on any atom is -0.380 e. The van der Waals surface area contributed by atoms with E-state index in [9.17, 15) is 0 Å². The van der Waals surface area contributed by atoms with Gasteiger partial charge in [-0.2, -0.15) is 0 Å². The Balaban J connectivity index is 2.76. The lowest BCUT2D eigenvalue weighted by Gasteiger charge is -2.06. The van der Waals surface area contributed by atoms with Gasteiger partial charge in [-0.25, -0.2) is 0 Å². The quantitative estimate of drug-likeness (QED) is 0.780. The lowest BCUT2D eigenvalue weighted by molar-refractivity contribution is 0.185. The van der Waals surface area contributed by atoms with Crippen molar-refractivity contribution in [1.82, 2.24) is 5.32 Å². The van der Waals surface area contributed by atoms with Gasteiger partial charge in [-0.1, -0.05) is 43.7 Å². The molecular formula is C15H23NO. The number of ether oxygens (including phenoxy) is 1. The van der Waals surface area contributed by atoms with Crippen molar-refractivity contribution >= 4 is 6.08 Å². The highest BCUT2D eigenvalue weighted by atomic mass is 16.5. The number of benzene rings is 1. The molecule has 1 rings (SSSR count). The van der Waals surface area contributed by atoms with Gasteiger partial charge in [0.2, 0.25) is 0 Å². The molecule has 1 aromatic carbocycles. The molecule has 0 atom stereocenters. The van der Waals surface area contributed by atoms with Gasteiger partial charge in [0.1, 0.15) is 0 Å². The van der Waals surface area contributed by atoms with Gasteiger partial charge in [0.15, 0.2) is 0 Å². The lowest BCUT2D eigenvalue weighted by Crippen LogP contribution is -2.15. The van der Waals surface area contributed by atoms with Gasteiger partial charge in [-0.05, 0) is 30.2 Å². The van der Waals surface area contributed by atoms with E-state index in [1.807, 2.05) is 0 Å². The Labute approximate surface area is 105 Å². The van der Waals surface area contributed by atoms with E-state index in [0.717, 1.165) is 19.5 Å². The number of nitrogens with one attached hydrogen (secondary N) is 1. The third kappa shape index (κ3) is 5.16. The van der Waals surface area contributed by atoms with Crippen LogP contribution in [-0.2, 0) is 11.3 Å². The van der Waals surface area contributed by atoms with Crippen molar-refractivity contribution in [3.63, 3.8) is 0 Å². The first-order chi connectivity index (χ1) is 8.30. The van der Waals surface area contributed by atoms with Crippen molar-refractivity contribution in [3.8, 4) is 0 Å². The highest BCUT2D eigenvalue weighted by Gasteiger charge is 1.97. The number of hydrogen-bond donors (Lipinski definition) is 1. The fourth-order valence-electron chi connectivity index (χ4n) is 1.74. The predicted molar refractivity (Wildman–Crippen MR) is 74.0 cm³/mol. The Morgan fingerprint density at radius 1 is 1.35 bits per heavy atom. The van der Waals surface area contributed by atoms with Crippen LogP contribution >= 0.6 is 0 Å². The van der Waals surface area contributed by atoms with Crippen LogP contribution in [0.3, 0.4) is 0 Å². The van der Waals surface area contributed by atoms with Crippen LogP contribution in [0.2, 0.25) is 0 Å². The molecule has 0 radical (unpaired) electrons. The molecule has 0 aliphatic heterocycles. The Bertz CT molecular complexity index is 358. The maximum absolute atomic E-state index is 5.15. The molecule has 0 aliphatic carbocycles. The smallest absolute Gasteiger partial charge is 0.0713 e. The standard InChI is InChI=1S/C15H23NO/c1-4-13(11-16-5-2)9-14-7-6-8-15(10-14)12-17-3/h6-10,16H,4-5,11-12H2,1-3H3. The fourth-order valence-corrected chi connectivity index (χ4v) is 1.74. The summed E-state index contributed by atoms with van der Waals surface area (Å²) in [4.78, 5) is 0. The third-order valence-corrected chi connectivity index (χ3v) is 2.69. The van der Waals surface area contributed by atoms with E-state index in [0.29, 0.717) is 6.61 Å². The number of methoxy groups -OCH3 is 1. The molecule has 0 saturated heterocycles. The molecule has 0 unspecified atom stereocenters. The summed E-state index contributed by atoms with van der Waals surface area (Å²) < 4.78 is 5.15. The van der Waals surface area contributed by atoms with Crippen LogP contribution in [-0.4, -0.2) is 20.2 Å². The van der Waals surface area contributed by atoms with Crippen LogP contribution in [0.15, 0.2) is 29.8 Å². The molecule has 17 heavy (non-hydrogen) atoms. The van der Waals surface area contributed by atoms with E-state index in [1.165, 1.54) is 16.7 Å². The molecule has 2 nitrogen and oxygen atoms in total. The average molecular weight is 233 g/mol. The topological polar surface area (TPSA) is 21.3 Å². The van der Waals surface area contributed by atoms with Crippen molar-refractivity contribution in [3.05, 3.63) is 41.0 Å². The minimum absolute atomic E-state index is 0.677. The fraction of sp³-hybridized carbons (Fsp3) is 0.467. The van der Waals surface area contributed by atoms with Crippen LogP contribution in [0.4, 0.5) is 0 Å². The van der Waals surface area contributed by atoms with Crippen molar-refractivity contribution in [2.45, 2.75) is 26.9 Å². The zero-order chi connectivity index (χ0) is 12.5. The molecule has 2 heteroatoms. The molecule has 0 aliphatic rings. The van der Waals surface area contributed by atoms with Gasteiger partial charge in [0.05, 0.1) is 6.61 Å². The molecule has 1 aromatic rings. The zero-order valence-electron chi connectivity index (χ0n) is 11.1. The molecule has 0 spiro atoms. The third-order valence-electron chi connectivity index (χ3n) is 2.69. The highest BCUT2D eigenvalue weighted by molar-refractivity contribution is 5.54. The maximum Gasteiger partial charge on any atom is 0.0713 e. The first-order valence-electron chi connectivity index (χ1n) is 6.28. The summed E-state index contributed by atoms with van der Waals surface area (Å²) in [6.07, 6.45) is 3.35. The summed E-state index contributed by atoms with van der Waals surface area (Å²) >= 11 is 0. The van der Waals surface area contributed by atoms with Gasteiger partial charge >= 0.3 is 0 Å². The first-order valence-corrected chi connectivity index (χ1v) is 6.28. The number of likely N-dealkylation sites (N-methyl/N-ethyl adjacent to an activating group) is 1. The minimum atomic E-state index is 0.677. The van der Waals surface area contributed by atoms with Crippen molar-refractivity contribution in [2.75, 3.05) is 20.2 Å². The van der Waals surface area contributed by atoms with Gasteiger partial charge in [-0.15, -0.1) is 0 Å². The van der Waals surface area contributed by atoms with Crippen LogP contribution < -0.4 is 5.32 Å². The van der Waals surface area contributed by atoms with Crippen LogP contribution in [0.5, 0.6) is 0 Å². The summed E-state index contributed by atoms with van der Waals surface area (Å²) in [5.74, 6) is 0. The van der Waals surface area contributed by atoms with Crippen molar-refractivity contribution in [1.29, 1.82) is 0 Å². The first kappa shape index (κ1) is 13.9. The summed E-state index contributed by atoms with van der Waals surface area (Å²) in [7, 11) is 1.73. The molecule has 0 aromatic heterocycles. The second kappa shape index (κ2) is 8.04. The van der Waals surface area contributed by atoms with Crippen LogP contribution in [0.25, 0.3) is 6.08 Å². The van der Waals surface area contributed by atoms with E-state index in [2.05, 4.69) is 49.5 Å². The molecule has 0 bridgehead atoms. The molecule has 0 amide bonds. The van der Waals surface area contributed by atoms with Gasteiger partial charge in [-0.3, -0.25) is 0 Å². The van der Waals surface area contributed by atoms with E-state index >= 15 is 0 Å². The normalized spacial score (nSPS) is 11.8. The summed E-state index contributed by atoms with van der Waals surface area (Å²) in [5.41, 5.74) is 3.91. The van der Waals surface area contributed by atoms with Gasteiger partial charge < -0.3 is 10.1 Å². The van der Waals surface area contributed by atoms with Crippen molar-refractivity contribution < 1.29 is 4.74 Å². The zero-order valence-corrected chi connectivity index (χ0v) is 11.1. The summed E-state index contributed by atoms with van der Waals surface area (Å²) in [6.45, 7) is 6.99. The molecule has 94 valence electrons. The van der Waals surface area contributed by atoms with E-state index in [4.69, 9.17) is 4.74 Å². The summed E-state index contributed by atoms with van der Waals surface area (Å²) in [5, 5.41) is 3.37. The Morgan fingerprint density at radius 3 is 2.82 bits per heavy atom. The largest absolute Gasteiger partial charge is 0.380 e. The Morgan fingerprint density at radius 2 is 2.18 bits per heavy atom. The molecular weight excluding hydrogens is 210 g/mol. The van der Waals surface area contributed by atoms with Crippen molar-refractivity contribution in [2.24, 2.45) is 0 Å². The Hall–Kier alpha value is -1.12. The summed E-state index contributed by atoms with van der Waals surface area (Å²) in [6, 6.07) is 8.50. The number of hydrogen-bond acceptors (Lipinski definition) is 2. The van der Waals surface area contributed by atoms with E-state index in [-0.39, 0.29) is 0 Å². The monoisotopic (exact) mass is 233 g/mol. The van der Waals surface area contributed by atoms with E-state index in [1.54, 1.807) is 7.11 Å².